The Bertz CT molecular complexity index is 500. The van der Waals surface area contributed by atoms with Crippen molar-refractivity contribution < 1.29 is 4.74 Å². The second kappa shape index (κ2) is 3.83. The van der Waals surface area contributed by atoms with Crippen LogP contribution in [0.3, 0.4) is 0 Å². The molecule has 1 fully saturated rings. The first kappa shape index (κ1) is 9.73. The fraction of sp³-hybridized carbons (Fsp3) is 0.385. The van der Waals surface area contributed by atoms with Crippen LogP contribution in [0.1, 0.15) is 5.56 Å². The molecule has 1 aromatic carbocycles. The number of ether oxygens (including phenoxy) is 1. The Hall–Kier alpha value is -1.48. The molecule has 84 valence electrons. The highest BCUT2D eigenvalue weighted by Crippen LogP contribution is 2.23. The van der Waals surface area contributed by atoms with E-state index in [1.165, 1.54) is 16.5 Å². The molecule has 0 saturated carbocycles. The third kappa shape index (κ3) is 1.67. The molecule has 1 saturated heterocycles. The van der Waals surface area contributed by atoms with Gasteiger partial charge in [0.05, 0.1) is 6.61 Å². The van der Waals surface area contributed by atoms with Crippen LogP contribution in [0.2, 0.25) is 0 Å². The molecule has 2 N–H and O–H groups in total. The number of rotatable bonds is 3. The van der Waals surface area contributed by atoms with Gasteiger partial charge in [-0.05, 0) is 30.7 Å². The van der Waals surface area contributed by atoms with Crippen molar-refractivity contribution in [1.82, 2.24) is 10.3 Å². The molecule has 0 unspecified atom stereocenters. The molecule has 0 bridgehead atoms. The highest BCUT2D eigenvalue weighted by molar-refractivity contribution is 5.84. The van der Waals surface area contributed by atoms with Crippen molar-refractivity contribution >= 4 is 10.9 Å². The second-order valence-corrected chi connectivity index (χ2v) is 4.51. The normalized spacial score (nSPS) is 16.3. The van der Waals surface area contributed by atoms with Crippen molar-refractivity contribution in [3.8, 4) is 5.75 Å². The van der Waals surface area contributed by atoms with E-state index in [1.54, 1.807) is 0 Å². The Labute approximate surface area is 94.8 Å². The number of hydrogen-bond acceptors (Lipinski definition) is 2. The van der Waals surface area contributed by atoms with Gasteiger partial charge in [-0.3, -0.25) is 0 Å². The number of aryl methyl sites for hydroxylation is 1. The van der Waals surface area contributed by atoms with Gasteiger partial charge in [0.15, 0.2) is 0 Å². The van der Waals surface area contributed by atoms with Crippen LogP contribution in [0, 0.1) is 12.8 Å². The molecule has 1 aliphatic heterocycles. The molecule has 0 spiro atoms. The summed E-state index contributed by atoms with van der Waals surface area (Å²) in [4.78, 5) is 3.24. The Balaban J connectivity index is 1.78. The van der Waals surface area contributed by atoms with Crippen LogP contribution in [-0.4, -0.2) is 24.7 Å². The molecule has 3 nitrogen and oxygen atoms in total. The third-order valence-corrected chi connectivity index (χ3v) is 3.21. The van der Waals surface area contributed by atoms with Crippen molar-refractivity contribution in [2.75, 3.05) is 19.7 Å². The number of aromatic nitrogens is 1. The van der Waals surface area contributed by atoms with Crippen LogP contribution in [0.15, 0.2) is 24.4 Å². The lowest BCUT2D eigenvalue weighted by Gasteiger charge is -2.26. The number of aromatic amines is 1. The van der Waals surface area contributed by atoms with Gasteiger partial charge >= 0.3 is 0 Å². The number of hydrogen-bond donors (Lipinski definition) is 2. The van der Waals surface area contributed by atoms with Crippen molar-refractivity contribution in [3.05, 3.63) is 30.0 Å². The van der Waals surface area contributed by atoms with Crippen molar-refractivity contribution in [2.45, 2.75) is 6.92 Å². The fourth-order valence-electron chi connectivity index (χ4n) is 2.01. The lowest BCUT2D eigenvalue weighted by atomic mass is 10.1. The first-order valence-electron chi connectivity index (χ1n) is 5.74. The predicted molar refractivity (Wildman–Crippen MR) is 64.9 cm³/mol. The van der Waals surface area contributed by atoms with E-state index >= 15 is 0 Å². The Morgan fingerprint density at radius 1 is 1.38 bits per heavy atom. The smallest absolute Gasteiger partial charge is 0.120 e. The Morgan fingerprint density at radius 3 is 3.00 bits per heavy atom. The van der Waals surface area contributed by atoms with Gasteiger partial charge in [-0.15, -0.1) is 0 Å². The van der Waals surface area contributed by atoms with Crippen molar-refractivity contribution in [3.63, 3.8) is 0 Å². The Morgan fingerprint density at radius 2 is 2.25 bits per heavy atom. The van der Waals surface area contributed by atoms with E-state index in [1.807, 2.05) is 12.3 Å². The maximum atomic E-state index is 5.79. The third-order valence-electron chi connectivity index (χ3n) is 3.21. The topological polar surface area (TPSA) is 37.0 Å². The van der Waals surface area contributed by atoms with Gasteiger partial charge in [0.2, 0.25) is 0 Å². The summed E-state index contributed by atoms with van der Waals surface area (Å²) in [6.07, 6.45) is 2.03. The number of fused-ring (bicyclic) bond motifs is 1. The molecule has 3 rings (SSSR count). The van der Waals surface area contributed by atoms with Crippen LogP contribution in [0.25, 0.3) is 10.9 Å². The fourth-order valence-corrected chi connectivity index (χ4v) is 2.01. The molecule has 1 aliphatic rings. The maximum Gasteiger partial charge on any atom is 0.120 e. The predicted octanol–water partition coefficient (Wildman–Crippen LogP) is 2.07. The minimum Gasteiger partial charge on any atom is -0.493 e. The van der Waals surface area contributed by atoms with E-state index in [9.17, 15) is 0 Å². The van der Waals surface area contributed by atoms with Crippen LogP contribution in [0.5, 0.6) is 5.75 Å². The van der Waals surface area contributed by atoms with Gasteiger partial charge in [-0.2, -0.15) is 0 Å². The quantitative estimate of drug-likeness (QED) is 0.824. The van der Waals surface area contributed by atoms with Crippen LogP contribution in [-0.2, 0) is 0 Å². The highest BCUT2D eigenvalue weighted by Gasteiger charge is 2.17. The van der Waals surface area contributed by atoms with Crippen LogP contribution < -0.4 is 10.1 Å². The first-order valence-corrected chi connectivity index (χ1v) is 5.74. The summed E-state index contributed by atoms with van der Waals surface area (Å²) < 4.78 is 5.79. The molecule has 2 heterocycles. The molecule has 2 aromatic rings. The largest absolute Gasteiger partial charge is 0.493 e. The zero-order chi connectivity index (χ0) is 11.0. The van der Waals surface area contributed by atoms with E-state index in [4.69, 9.17) is 4.74 Å². The summed E-state index contributed by atoms with van der Waals surface area (Å²) in [7, 11) is 0. The Kier molecular flexibility index (Phi) is 2.33. The molecular weight excluding hydrogens is 200 g/mol. The average molecular weight is 216 g/mol. The van der Waals surface area contributed by atoms with E-state index < -0.39 is 0 Å². The van der Waals surface area contributed by atoms with Gasteiger partial charge in [0.25, 0.3) is 0 Å². The van der Waals surface area contributed by atoms with E-state index in [2.05, 4.69) is 29.4 Å². The zero-order valence-corrected chi connectivity index (χ0v) is 9.42. The standard InChI is InChI=1S/C13H16N2O/c1-9-5-15-13-3-2-11(4-12(9)13)16-8-10-6-14-7-10/h2-5,10,14-15H,6-8H2,1H3. The number of nitrogens with one attached hydrogen (secondary N) is 2. The molecule has 0 amide bonds. The monoisotopic (exact) mass is 216 g/mol. The van der Waals surface area contributed by atoms with E-state index in [-0.39, 0.29) is 0 Å². The summed E-state index contributed by atoms with van der Waals surface area (Å²) in [6, 6.07) is 6.23. The lowest BCUT2D eigenvalue weighted by Crippen LogP contribution is -2.45. The van der Waals surface area contributed by atoms with Crippen LogP contribution >= 0.6 is 0 Å². The minimum atomic E-state index is 0.683. The zero-order valence-electron chi connectivity index (χ0n) is 9.42. The molecule has 0 atom stereocenters. The maximum absolute atomic E-state index is 5.79. The summed E-state index contributed by atoms with van der Waals surface area (Å²) in [5.41, 5.74) is 2.45. The SMILES string of the molecule is Cc1c[nH]c2ccc(OCC3CNC3)cc12. The summed E-state index contributed by atoms with van der Waals surface area (Å²) >= 11 is 0. The first-order chi connectivity index (χ1) is 7.83. The molecule has 16 heavy (non-hydrogen) atoms. The van der Waals surface area contributed by atoms with Gasteiger partial charge in [-0.1, -0.05) is 0 Å². The molecular formula is C13H16N2O. The van der Waals surface area contributed by atoms with Crippen molar-refractivity contribution in [2.24, 2.45) is 5.92 Å². The number of benzene rings is 1. The second-order valence-electron chi connectivity index (χ2n) is 4.51. The van der Waals surface area contributed by atoms with Gasteiger partial charge < -0.3 is 15.0 Å². The molecule has 0 aliphatic carbocycles. The lowest BCUT2D eigenvalue weighted by molar-refractivity contribution is 0.199. The molecule has 3 heteroatoms. The summed E-state index contributed by atoms with van der Waals surface area (Å²) in [6.45, 7) is 5.11. The summed E-state index contributed by atoms with van der Waals surface area (Å²) in [5, 5.41) is 4.50. The van der Waals surface area contributed by atoms with Crippen molar-refractivity contribution in [1.29, 1.82) is 0 Å². The van der Waals surface area contributed by atoms with E-state index in [0.29, 0.717) is 5.92 Å². The van der Waals surface area contributed by atoms with Gasteiger partial charge in [0, 0.05) is 36.1 Å². The number of H-pyrrole nitrogens is 1. The van der Waals surface area contributed by atoms with Gasteiger partial charge in [-0.25, -0.2) is 0 Å². The molecule has 0 radical (unpaired) electrons. The van der Waals surface area contributed by atoms with Crippen LogP contribution in [0.4, 0.5) is 0 Å². The molecule has 1 aromatic heterocycles. The van der Waals surface area contributed by atoms with E-state index in [0.717, 1.165) is 25.4 Å². The summed E-state index contributed by atoms with van der Waals surface area (Å²) in [5.74, 6) is 1.66. The van der Waals surface area contributed by atoms with Gasteiger partial charge in [0.1, 0.15) is 5.75 Å². The highest BCUT2D eigenvalue weighted by atomic mass is 16.5. The minimum absolute atomic E-state index is 0.683. The average Bonchev–Trinajstić information content (AvgIpc) is 2.58.